The van der Waals surface area contributed by atoms with Gasteiger partial charge in [-0.25, -0.2) is 4.79 Å². The lowest BCUT2D eigenvalue weighted by molar-refractivity contribution is -0.140. The zero-order valence-corrected chi connectivity index (χ0v) is 26.1. The number of hydrogen-bond acceptors (Lipinski definition) is 6. The summed E-state index contributed by atoms with van der Waals surface area (Å²) in [6.07, 6.45) is 4.73. The summed E-state index contributed by atoms with van der Waals surface area (Å²) < 4.78 is 10.9. The quantitative estimate of drug-likeness (QED) is 0.158. The van der Waals surface area contributed by atoms with Gasteiger partial charge < -0.3 is 26.5 Å². The van der Waals surface area contributed by atoms with E-state index in [2.05, 4.69) is 36.4 Å². The van der Waals surface area contributed by atoms with Crippen molar-refractivity contribution in [2.45, 2.75) is 32.1 Å². The van der Waals surface area contributed by atoms with Crippen LogP contribution in [0.25, 0.3) is 0 Å². The lowest BCUT2D eigenvalue weighted by Gasteiger charge is -2.27. The van der Waals surface area contributed by atoms with E-state index in [-0.39, 0.29) is 57.0 Å². The Hall–Kier alpha value is -3.12. The van der Waals surface area contributed by atoms with Crippen molar-refractivity contribution in [2.24, 2.45) is 5.92 Å². The van der Waals surface area contributed by atoms with Crippen LogP contribution in [0.5, 0.6) is 5.75 Å². The molecule has 1 heterocycles. The number of methoxy groups -OCH3 is 1. The highest BCUT2D eigenvalue weighted by atomic mass is 79.9. The number of ketones is 1. The zero-order valence-electron chi connectivity index (χ0n) is 22.8. The molecule has 5 nitrogen and oxygen atoms in total. The Morgan fingerprint density at radius 1 is 0.780 bits per heavy atom. The predicted molar refractivity (Wildman–Crippen MR) is 162 cm³/mol. The van der Waals surface area contributed by atoms with Gasteiger partial charge in [-0.3, -0.25) is 9.59 Å². The number of carbonyl (C=O) groups excluding carboxylic acids is 3. The van der Waals surface area contributed by atoms with Crippen LogP contribution in [0.3, 0.4) is 0 Å². The molecule has 4 aromatic rings. The molecule has 5 rings (SSSR count). The van der Waals surface area contributed by atoms with E-state index in [0.717, 1.165) is 59.4 Å². The molecule has 8 heteroatoms. The number of rotatable bonds is 9. The van der Waals surface area contributed by atoms with Crippen molar-refractivity contribution in [1.29, 1.82) is 0 Å². The van der Waals surface area contributed by atoms with Gasteiger partial charge in [-0.2, -0.15) is 0 Å². The van der Waals surface area contributed by atoms with Gasteiger partial charge in [0.25, 0.3) is 0 Å². The van der Waals surface area contributed by atoms with Crippen LogP contribution in [-0.2, 0) is 9.53 Å². The molecule has 41 heavy (non-hydrogen) atoms. The van der Waals surface area contributed by atoms with Gasteiger partial charge in [-0.1, -0.05) is 73.9 Å². The fourth-order valence-corrected chi connectivity index (χ4v) is 10.6. The van der Waals surface area contributed by atoms with Gasteiger partial charge >= 0.3 is 11.9 Å². The van der Waals surface area contributed by atoms with Gasteiger partial charge in [0.1, 0.15) is 39.8 Å². The average Bonchev–Trinajstić information content (AvgIpc) is 3.44. The summed E-state index contributed by atoms with van der Waals surface area (Å²) in [7, 11) is -1.19. The molecule has 0 N–H and O–H groups in total. The Kier molecular flexibility index (Phi) is 10.7. The summed E-state index contributed by atoms with van der Waals surface area (Å²) in [5.41, 5.74) is 0.114. The summed E-state index contributed by atoms with van der Waals surface area (Å²) in [6, 6.07) is 30.4. The minimum Gasteiger partial charge on any atom is -1.00 e. The monoisotopic (exact) mass is 650 g/mol. The Labute approximate surface area is 256 Å². The molecule has 3 aromatic carbocycles. The van der Waals surface area contributed by atoms with Crippen molar-refractivity contribution < 1.29 is 40.8 Å². The molecule has 0 saturated heterocycles. The molecule has 1 aliphatic carbocycles. The van der Waals surface area contributed by atoms with E-state index in [1.807, 2.05) is 54.6 Å². The number of thiophene rings is 1. The molecule has 0 aliphatic heterocycles. The minimum absolute atomic E-state index is 0. The van der Waals surface area contributed by atoms with Crippen molar-refractivity contribution in [3.8, 4) is 5.75 Å². The molecule has 212 valence electrons. The molecule has 1 aliphatic rings. The predicted octanol–water partition coefficient (Wildman–Crippen LogP) is 3.20. The Morgan fingerprint density at radius 2 is 1.27 bits per heavy atom. The van der Waals surface area contributed by atoms with Crippen LogP contribution in [0.1, 0.15) is 52.1 Å². The third kappa shape index (κ3) is 6.53. The molecule has 0 atom stereocenters. The normalized spacial score (nSPS) is 13.6. The summed E-state index contributed by atoms with van der Waals surface area (Å²) in [5, 5.41) is 4.79. The SMILES string of the molecule is COC(=O)c1csc(C(=O)C[P+](c2ccccc2)(c2ccccc2)c2ccccc2)c1OC(=O)C1CCCCC1.[Br-]. The first-order valence-corrected chi connectivity index (χ1v) is 16.4. The molecule has 0 bridgehead atoms. The largest absolute Gasteiger partial charge is 1.00 e. The first-order valence-electron chi connectivity index (χ1n) is 13.5. The van der Waals surface area contributed by atoms with Crippen molar-refractivity contribution in [3.05, 3.63) is 107 Å². The van der Waals surface area contributed by atoms with Gasteiger partial charge in [0.2, 0.25) is 5.78 Å². The van der Waals surface area contributed by atoms with Gasteiger partial charge in [0.15, 0.2) is 5.75 Å². The van der Waals surface area contributed by atoms with Crippen LogP contribution in [0, 0.1) is 5.92 Å². The first-order chi connectivity index (χ1) is 19.5. The zero-order chi connectivity index (χ0) is 28.0. The smallest absolute Gasteiger partial charge is 0.342 e. The fraction of sp³-hybridized carbons (Fsp3) is 0.242. The Balaban J connectivity index is 0.00000387. The summed E-state index contributed by atoms with van der Waals surface area (Å²) >= 11 is 1.13. The molecule has 1 aromatic heterocycles. The number of hydrogen-bond donors (Lipinski definition) is 0. The van der Waals surface area contributed by atoms with Gasteiger partial charge in [-0.15, -0.1) is 11.3 Å². The van der Waals surface area contributed by atoms with Gasteiger partial charge in [0.05, 0.1) is 13.0 Å². The third-order valence-electron chi connectivity index (χ3n) is 7.52. The maximum Gasteiger partial charge on any atom is 0.342 e. The Morgan fingerprint density at radius 3 is 1.73 bits per heavy atom. The number of ether oxygens (including phenoxy) is 2. The average molecular weight is 652 g/mol. The van der Waals surface area contributed by atoms with Crippen LogP contribution in [0.4, 0.5) is 0 Å². The molecule has 1 fully saturated rings. The van der Waals surface area contributed by atoms with E-state index in [0.29, 0.717) is 0 Å². The number of Topliss-reactive ketones (excluding diaryl/α,β-unsaturated/α-hetero) is 1. The molecule has 1 saturated carbocycles. The fourth-order valence-electron chi connectivity index (χ4n) is 5.47. The van der Waals surface area contributed by atoms with Crippen LogP contribution < -0.4 is 37.6 Å². The number of esters is 2. The van der Waals surface area contributed by atoms with Crippen LogP contribution in [-0.4, -0.2) is 31.0 Å². The van der Waals surface area contributed by atoms with Crippen LogP contribution >= 0.6 is 18.6 Å². The molecule has 0 amide bonds. The van der Waals surface area contributed by atoms with E-state index in [9.17, 15) is 14.4 Å². The molecular weight excluding hydrogens is 619 g/mol. The second-order valence-corrected chi connectivity index (χ2v) is 14.3. The minimum atomic E-state index is -2.48. The van der Waals surface area contributed by atoms with E-state index in [1.165, 1.54) is 7.11 Å². The maximum atomic E-state index is 14.4. The number of benzene rings is 3. The molecule has 0 spiro atoms. The van der Waals surface area contributed by atoms with E-state index in [4.69, 9.17) is 9.47 Å². The Bertz CT molecular complexity index is 1370. The van der Waals surface area contributed by atoms with Crippen LogP contribution in [0.15, 0.2) is 96.4 Å². The lowest BCUT2D eigenvalue weighted by atomic mass is 9.89. The summed E-state index contributed by atoms with van der Waals surface area (Å²) in [4.78, 5) is 40.5. The van der Waals surface area contributed by atoms with Crippen LogP contribution in [0.2, 0.25) is 0 Å². The summed E-state index contributed by atoms with van der Waals surface area (Å²) in [6.45, 7) is 0. The molecular formula is C33H32BrO5PS. The van der Waals surface area contributed by atoms with Gasteiger partial charge in [0, 0.05) is 5.38 Å². The first kappa shape index (κ1) is 30.8. The molecule has 0 unspecified atom stereocenters. The molecule has 0 radical (unpaired) electrons. The highest BCUT2D eigenvalue weighted by molar-refractivity contribution is 7.96. The highest BCUT2D eigenvalue weighted by Crippen LogP contribution is 2.56. The van der Waals surface area contributed by atoms with Crippen molar-refractivity contribution in [1.82, 2.24) is 0 Å². The van der Waals surface area contributed by atoms with E-state index < -0.39 is 13.2 Å². The summed E-state index contributed by atoms with van der Waals surface area (Å²) in [5.74, 6) is -1.38. The second kappa shape index (κ2) is 14.2. The third-order valence-corrected chi connectivity index (χ3v) is 12.8. The number of halogens is 1. The van der Waals surface area contributed by atoms with Crippen molar-refractivity contribution >= 4 is 52.2 Å². The number of carbonyl (C=O) groups is 3. The highest BCUT2D eigenvalue weighted by Gasteiger charge is 2.48. The van der Waals surface area contributed by atoms with Crippen molar-refractivity contribution in [3.63, 3.8) is 0 Å². The van der Waals surface area contributed by atoms with E-state index >= 15 is 0 Å². The standard InChI is InChI=1S/C33H32O5PS.BrH/c1-37-33(36)28-23-40-31(30(28)38-32(35)24-14-6-2-7-15-24)29(34)22-39(25-16-8-3-9-17-25,26-18-10-4-11-19-26)27-20-12-5-13-21-27;/h3-5,8-13,16-21,23-24H,2,6-7,14-15,22H2,1H3;1H/q+1;/p-1. The van der Waals surface area contributed by atoms with Gasteiger partial charge in [-0.05, 0) is 49.2 Å². The lowest BCUT2D eigenvalue weighted by Crippen LogP contribution is -3.00. The second-order valence-electron chi connectivity index (χ2n) is 9.95. The maximum absolute atomic E-state index is 14.4. The van der Waals surface area contributed by atoms with E-state index in [1.54, 1.807) is 5.38 Å². The van der Waals surface area contributed by atoms with Crippen molar-refractivity contribution in [2.75, 3.05) is 13.3 Å². The topological polar surface area (TPSA) is 69.7 Å².